The Bertz CT molecular complexity index is 383. The van der Waals surface area contributed by atoms with Crippen LogP contribution in [0.3, 0.4) is 0 Å². The Kier molecular flexibility index (Phi) is 10.6. The maximum absolute atomic E-state index is 12.2. The van der Waals surface area contributed by atoms with Crippen molar-refractivity contribution in [3.05, 3.63) is 24.0 Å². The van der Waals surface area contributed by atoms with Crippen LogP contribution >= 0.6 is 0 Å². The van der Waals surface area contributed by atoms with Gasteiger partial charge in [-0.1, -0.05) is 52.7 Å². The summed E-state index contributed by atoms with van der Waals surface area (Å²) >= 11 is 0. The summed E-state index contributed by atoms with van der Waals surface area (Å²) in [7, 11) is 0. The third-order valence-corrected chi connectivity index (χ3v) is 3.67. The summed E-state index contributed by atoms with van der Waals surface area (Å²) in [6, 6.07) is 0.157. The molecular weight excluding hydrogens is 260 g/mol. The Balaban J connectivity index is 4.89. The molecule has 0 fully saturated rings. The fraction of sp³-hybridized carbons (Fsp3) is 0.667. The maximum atomic E-state index is 12.2. The number of allylic oxidation sites excluding steroid dienone is 2. The SMILES string of the molecule is C=C(/N=C\C(=C/C)CC)N(C(=O)CC)C(C)CCCCC. The van der Waals surface area contributed by atoms with Crippen LogP contribution < -0.4 is 0 Å². The van der Waals surface area contributed by atoms with Gasteiger partial charge in [-0.25, -0.2) is 4.99 Å². The van der Waals surface area contributed by atoms with Gasteiger partial charge in [0.25, 0.3) is 0 Å². The normalized spacial score (nSPS) is 13.5. The molecule has 0 saturated heterocycles. The van der Waals surface area contributed by atoms with E-state index in [1.807, 2.05) is 26.1 Å². The number of rotatable bonds is 10. The van der Waals surface area contributed by atoms with Crippen LogP contribution in [0, 0.1) is 0 Å². The second-order valence-corrected chi connectivity index (χ2v) is 5.35. The molecule has 3 nitrogen and oxygen atoms in total. The fourth-order valence-corrected chi connectivity index (χ4v) is 2.22. The molecule has 0 aromatic rings. The standard InChI is InChI=1S/C18H32N2O/c1-7-11-12-13-15(5)20(18(21)10-4)16(6)19-14-17(8-2)9-3/h8,14-15H,6-7,9-13H2,1-5H3/b17-8-,19-14-. The first-order chi connectivity index (χ1) is 10.0. The number of unbranched alkanes of at least 4 members (excludes halogenated alkanes) is 2. The van der Waals surface area contributed by atoms with Gasteiger partial charge < -0.3 is 0 Å². The first-order valence-electron chi connectivity index (χ1n) is 8.21. The molecule has 0 heterocycles. The highest BCUT2D eigenvalue weighted by molar-refractivity contribution is 5.81. The molecule has 3 heteroatoms. The van der Waals surface area contributed by atoms with Gasteiger partial charge in [-0.05, 0) is 32.3 Å². The van der Waals surface area contributed by atoms with E-state index in [2.05, 4.69) is 32.3 Å². The van der Waals surface area contributed by atoms with Crippen molar-refractivity contribution in [3.8, 4) is 0 Å². The molecule has 0 spiro atoms. The molecule has 0 rings (SSSR count). The zero-order chi connectivity index (χ0) is 16.3. The lowest BCUT2D eigenvalue weighted by molar-refractivity contribution is -0.130. The van der Waals surface area contributed by atoms with E-state index in [4.69, 9.17) is 0 Å². The second-order valence-electron chi connectivity index (χ2n) is 5.35. The molecule has 0 aliphatic rings. The molecule has 0 aromatic carbocycles. The third-order valence-electron chi connectivity index (χ3n) is 3.67. The van der Waals surface area contributed by atoms with E-state index in [0.717, 1.165) is 24.8 Å². The van der Waals surface area contributed by atoms with Crippen LogP contribution in [0.15, 0.2) is 29.0 Å². The largest absolute Gasteiger partial charge is 0.295 e. The number of carbonyl (C=O) groups excluding carboxylic acids is 1. The van der Waals surface area contributed by atoms with Crippen LogP contribution in [0.4, 0.5) is 0 Å². The molecule has 0 radical (unpaired) electrons. The quantitative estimate of drug-likeness (QED) is 0.407. The van der Waals surface area contributed by atoms with Crippen molar-refractivity contribution in [1.29, 1.82) is 0 Å². The van der Waals surface area contributed by atoms with Crippen molar-refractivity contribution in [2.75, 3.05) is 0 Å². The van der Waals surface area contributed by atoms with Gasteiger partial charge in [-0.3, -0.25) is 9.69 Å². The molecule has 1 atom stereocenters. The molecule has 120 valence electrons. The lowest BCUT2D eigenvalue weighted by atomic mass is 10.1. The number of hydrogen-bond donors (Lipinski definition) is 0. The summed E-state index contributed by atoms with van der Waals surface area (Å²) in [6.07, 6.45) is 9.79. The van der Waals surface area contributed by atoms with Gasteiger partial charge >= 0.3 is 0 Å². The van der Waals surface area contributed by atoms with Crippen molar-refractivity contribution in [1.82, 2.24) is 4.90 Å². The van der Waals surface area contributed by atoms with Crippen molar-refractivity contribution >= 4 is 12.1 Å². The van der Waals surface area contributed by atoms with Crippen molar-refractivity contribution in [2.45, 2.75) is 79.2 Å². The van der Waals surface area contributed by atoms with Gasteiger partial charge in [-0.15, -0.1) is 0 Å². The zero-order valence-corrected chi connectivity index (χ0v) is 14.5. The number of hydrogen-bond acceptors (Lipinski definition) is 2. The van der Waals surface area contributed by atoms with Gasteiger partial charge in [0.2, 0.25) is 5.91 Å². The maximum Gasteiger partial charge on any atom is 0.228 e. The minimum absolute atomic E-state index is 0.0969. The highest BCUT2D eigenvalue weighted by Crippen LogP contribution is 2.17. The predicted octanol–water partition coefficient (Wildman–Crippen LogP) is 5.09. The van der Waals surface area contributed by atoms with E-state index in [1.165, 1.54) is 12.8 Å². The minimum atomic E-state index is 0.0969. The van der Waals surface area contributed by atoms with Crippen LogP contribution in [0.2, 0.25) is 0 Å². The summed E-state index contributed by atoms with van der Waals surface area (Å²) in [6.45, 7) is 14.2. The zero-order valence-electron chi connectivity index (χ0n) is 14.5. The summed E-state index contributed by atoms with van der Waals surface area (Å²) in [5, 5.41) is 0. The minimum Gasteiger partial charge on any atom is -0.295 e. The molecule has 21 heavy (non-hydrogen) atoms. The van der Waals surface area contributed by atoms with Crippen molar-refractivity contribution in [2.24, 2.45) is 4.99 Å². The molecule has 0 aromatic heterocycles. The van der Waals surface area contributed by atoms with Crippen LogP contribution in [0.1, 0.15) is 73.1 Å². The van der Waals surface area contributed by atoms with Crippen LogP contribution in [0.5, 0.6) is 0 Å². The highest BCUT2D eigenvalue weighted by atomic mass is 16.2. The predicted molar refractivity (Wildman–Crippen MR) is 92.4 cm³/mol. The Labute approximate surface area is 130 Å². The Hall–Kier alpha value is -1.38. The molecule has 1 amide bonds. The van der Waals surface area contributed by atoms with Crippen molar-refractivity contribution < 1.29 is 4.79 Å². The Morgan fingerprint density at radius 2 is 1.90 bits per heavy atom. The smallest absolute Gasteiger partial charge is 0.228 e. The van der Waals surface area contributed by atoms with Crippen LogP contribution in [0.25, 0.3) is 0 Å². The summed E-state index contributed by atoms with van der Waals surface area (Å²) in [5.41, 5.74) is 1.15. The van der Waals surface area contributed by atoms with Gasteiger partial charge in [0.1, 0.15) is 5.82 Å². The van der Waals surface area contributed by atoms with Gasteiger partial charge in [0, 0.05) is 18.7 Å². The molecule has 0 N–H and O–H groups in total. The van der Waals surface area contributed by atoms with Gasteiger partial charge in [-0.2, -0.15) is 0 Å². The molecule has 1 unspecified atom stereocenters. The number of carbonyl (C=O) groups is 1. The fourth-order valence-electron chi connectivity index (χ4n) is 2.22. The van der Waals surface area contributed by atoms with E-state index in [-0.39, 0.29) is 11.9 Å². The lowest BCUT2D eigenvalue weighted by Crippen LogP contribution is -2.36. The average Bonchev–Trinajstić information content (AvgIpc) is 2.48. The van der Waals surface area contributed by atoms with Gasteiger partial charge in [0.15, 0.2) is 0 Å². The number of aliphatic imine (C=N–C) groups is 1. The van der Waals surface area contributed by atoms with E-state index >= 15 is 0 Å². The van der Waals surface area contributed by atoms with Gasteiger partial charge in [0.05, 0.1) is 0 Å². The second kappa shape index (κ2) is 11.3. The number of amides is 1. The van der Waals surface area contributed by atoms with Crippen LogP contribution in [-0.2, 0) is 4.79 Å². The first-order valence-corrected chi connectivity index (χ1v) is 8.21. The first kappa shape index (κ1) is 19.6. The highest BCUT2D eigenvalue weighted by Gasteiger charge is 2.20. The molecule has 0 saturated carbocycles. The Morgan fingerprint density at radius 3 is 2.38 bits per heavy atom. The summed E-state index contributed by atoms with van der Waals surface area (Å²) in [4.78, 5) is 18.3. The molecule has 0 bridgehead atoms. The Morgan fingerprint density at radius 1 is 1.24 bits per heavy atom. The van der Waals surface area contributed by atoms with E-state index in [9.17, 15) is 4.79 Å². The summed E-state index contributed by atoms with van der Waals surface area (Å²) < 4.78 is 0. The molecule has 0 aliphatic carbocycles. The van der Waals surface area contributed by atoms with E-state index < -0.39 is 0 Å². The van der Waals surface area contributed by atoms with E-state index in [1.54, 1.807) is 4.90 Å². The summed E-state index contributed by atoms with van der Waals surface area (Å²) in [5.74, 6) is 0.651. The van der Waals surface area contributed by atoms with E-state index in [0.29, 0.717) is 12.2 Å². The van der Waals surface area contributed by atoms with Crippen LogP contribution in [-0.4, -0.2) is 23.1 Å². The topological polar surface area (TPSA) is 32.7 Å². The monoisotopic (exact) mass is 292 g/mol. The molecular formula is C18H32N2O. The van der Waals surface area contributed by atoms with Crippen molar-refractivity contribution in [3.63, 3.8) is 0 Å². The third kappa shape index (κ3) is 7.26. The lowest BCUT2D eigenvalue weighted by Gasteiger charge is -2.28. The molecule has 0 aliphatic heterocycles. The number of nitrogens with zero attached hydrogens (tertiary/aromatic N) is 2. The average molecular weight is 292 g/mol.